The minimum Gasteiger partial charge on any atom is -0.493 e. The van der Waals surface area contributed by atoms with Gasteiger partial charge in [-0.2, -0.15) is 0 Å². The van der Waals surface area contributed by atoms with E-state index in [0.29, 0.717) is 18.4 Å². The Bertz CT molecular complexity index is 878. The van der Waals surface area contributed by atoms with Gasteiger partial charge in [-0.1, -0.05) is 18.2 Å². The standard InChI is InChI=1S/C27H30O2/c28-10-27(11-29-12-4-2-1-3-5-12)25-15-8-6-13-17-14-7-9-16-19(14)22-20(17)21(18(13)15)23(25)24(22)26(16)27/h1-5,10,13-26H,6-9,11H2. The Kier molecular flexibility index (Phi) is 2.47. The fraction of sp³-hybridized carbons (Fsp3) is 0.741. The molecule has 150 valence electrons. The molecule has 12 atom stereocenters. The first-order chi connectivity index (χ1) is 14.3. The van der Waals surface area contributed by atoms with E-state index in [9.17, 15) is 4.79 Å². The molecule has 0 heterocycles. The molecule has 12 unspecified atom stereocenters. The van der Waals surface area contributed by atoms with Crippen molar-refractivity contribution in [2.75, 3.05) is 6.61 Å². The van der Waals surface area contributed by atoms with Crippen molar-refractivity contribution in [3.63, 3.8) is 0 Å². The van der Waals surface area contributed by atoms with E-state index < -0.39 is 0 Å². The Morgan fingerprint density at radius 1 is 0.724 bits per heavy atom. The summed E-state index contributed by atoms with van der Waals surface area (Å²) in [5.41, 5.74) is -0.195. The predicted octanol–water partition coefficient (Wildman–Crippen LogP) is 4.55. The molecule has 1 aromatic carbocycles. The molecule has 2 nitrogen and oxygen atoms in total. The van der Waals surface area contributed by atoms with Crippen LogP contribution in [-0.2, 0) is 4.79 Å². The molecule has 0 radical (unpaired) electrons. The Morgan fingerprint density at radius 3 is 1.83 bits per heavy atom. The molecule has 0 N–H and O–H groups in total. The summed E-state index contributed by atoms with van der Waals surface area (Å²) in [6, 6.07) is 10.3. The molecule has 0 amide bonds. The molecule has 0 aliphatic heterocycles. The third-order valence-electron chi connectivity index (χ3n) is 12.6. The number of aldehydes is 1. The molecule has 0 spiro atoms. The second-order valence-corrected chi connectivity index (χ2v) is 12.3. The van der Waals surface area contributed by atoms with Crippen molar-refractivity contribution >= 4 is 6.29 Å². The molecule has 29 heavy (non-hydrogen) atoms. The highest BCUT2D eigenvalue weighted by atomic mass is 16.5. The first kappa shape index (κ1) is 15.5. The second kappa shape index (κ2) is 4.63. The summed E-state index contributed by atoms with van der Waals surface area (Å²) in [7, 11) is 0. The van der Waals surface area contributed by atoms with Crippen LogP contribution >= 0.6 is 0 Å². The maximum atomic E-state index is 13.2. The summed E-state index contributed by atoms with van der Waals surface area (Å²) in [5, 5.41) is 0. The van der Waals surface area contributed by atoms with Gasteiger partial charge in [-0.05, 0) is 121 Å². The average molecular weight is 387 g/mol. The van der Waals surface area contributed by atoms with Gasteiger partial charge in [0.2, 0.25) is 0 Å². The van der Waals surface area contributed by atoms with Crippen molar-refractivity contribution in [3.8, 4) is 5.75 Å². The molecule has 8 aliphatic carbocycles. The molecule has 1 aromatic rings. The molecular formula is C27H30O2. The molecular weight excluding hydrogens is 356 g/mol. The smallest absolute Gasteiger partial charge is 0.130 e. The van der Waals surface area contributed by atoms with Gasteiger partial charge in [0.1, 0.15) is 18.6 Å². The zero-order valence-corrected chi connectivity index (χ0v) is 16.9. The van der Waals surface area contributed by atoms with E-state index in [0.717, 1.165) is 76.8 Å². The quantitative estimate of drug-likeness (QED) is 0.710. The third-order valence-corrected chi connectivity index (χ3v) is 12.6. The summed E-state index contributed by atoms with van der Waals surface area (Å²) in [4.78, 5) is 13.2. The van der Waals surface area contributed by atoms with Crippen LogP contribution in [0, 0.1) is 88.3 Å². The van der Waals surface area contributed by atoms with Crippen LogP contribution in [-0.4, -0.2) is 12.9 Å². The van der Waals surface area contributed by atoms with E-state index in [2.05, 4.69) is 24.3 Å². The van der Waals surface area contributed by atoms with Crippen molar-refractivity contribution in [2.24, 2.45) is 88.3 Å². The SMILES string of the molecule is O=CC1(COc2ccccc2)C2C3CCC4C5C6CCC7C6C6C5C(C43)C2C6C71. The number of benzene rings is 1. The highest BCUT2D eigenvalue weighted by Gasteiger charge is 2.87. The van der Waals surface area contributed by atoms with E-state index in [4.69, 9.17) is 4.74 Å². The summed E-state index contributed by atoms with van der Waals surface area (Å²) in [6.45, 7) is 0.651. The summed E-state index contributed by atoms with van der Waals surface area (Å²) in [5.74, 6) is 13.9. The van der Waals surface area contributed by atoms with Crippen LogP contribution in [0.5, 0.6) is 5.75 Å². The molecule has 8 saturated carbocycles. The van der Waals surface area contributed by atoms with Gasteiger partial charge in [0, 0.05) is 0 Å². The minimum atomic E-state index is -0.195. The van der Waals surface area contributed by atoms with Gasteiger partial charge in [-0.15, -0.1) is 0 Å². The second-order valence-electron chi connectivity index (χ2n) is 12.3. The number of ether oxygens (including phenoxy) is 1. The van der Waals surface area contributed by atoms with E-state index in [1.165, 1.54) is 32.0 Å². The van der Waals surface area contributed by atoms with Gasteiger partial charge < -0.3 is 9.53 Å². The van der Waals surface area contributed by atoms with Crippen LogP contribution in [0.25, 0.3) is 0 Å². The lowest BCUT2D eigenvalue weighted by molar-refractivity contribution is -0.126. The van der Waals surface area contributed by atoms with E-state index in [-0.39, 0.29) is 5.41 Å². The number of hydrogen-bond donors (Lipinski definition) is 0. The first-order valence-corrected chi connectivity index (χ1v) is 12.5. The zero-order chi connectivity index (χ0) is 18.6. The Hall–Kier alpha value is -1.31. The molecule has 0 saturated heterocycles. The lowest BCUT2D eigenvalue weighted by Gasteiger charge is -2.41. The van der Waals surface area contributed by atoms with E-state index in [1.807, 2.05) is 6.07 Å². The summed E-state index contributed by atoms with van der Waals surface area (Å²) >= 11 is 0. The van der Waals surface area contributed by atoms with E-state index in [1.54, 1.807) is 0 Å². The largest absolute Gasteiger partial charge is 0.493 e. The number of rotatable bonds is 4. The van der Waals surface area contributed by atoms with Crippen molar-refractivity contribution in [1.82, 2.24) is 0 Å². The number of hydrogen-bond acceptors (Lipinski definition) is 2. The Balaban J connectivity index is 1.23. The van der Waals surface area contributed by atoms with Crippen molar-refractivity contribution < 1.29 is 9.53 Å². The van der Waals surface area contributed by atoms with Crippen molar-refractivity contribution in [3.05, 3.63) is 30.3 Å². The average Bonchev–Trinajstić information content (AvgIpc) is 3.53. The van der Waals surface area contributed by atoms with Gasteiger partial charge >= 0.3 is 0 Å². The molecule has 8 fully saturated rings. The summed E-state index contributed by atoms with van der Waals surface area (Å²) in [6.07, 6.45) is 7.28. The highest BCUT2D eigenvalue weighted by molar-refractivity contribution is 5.64. The van der Waals surface area contributed by atoms with Crippen molar-refractivity contribution in [2.45, 2.75) is 25.7 Å². The first-order valence-electron chi connectivity index (χ1n) is 12.5. The normalized spacial score (nSPS) is 65.1. The van der Waals surface area contributed by atoms with Gasteiger partial charge in [-0.3, -0.25) is 0 Å². The van der Waals surface area contributed by atoms with Crippen LogP contribution in [0.15, 0.2) is 30.3 Å². The monoisotopic (exact) mass is 386 g/mol. The Labute approximate surface area is 172 Å². The highest BCUT2D eigenvalue weighted by Crippen LogP contribution is 2.90. The number of fused-ring (bicyclic) bond motifs is 4. The number of carbonyl (C=O) groups excluding carboxylic acids is 1. The molecule has 2 heteroatoms. The molecule has 8 aliphatic rings. The lowest BCUT2D eigenvalue weighted by atomic mass is 9.63. The molecule has 0 bridgehead atoms. The van der Waals surface area contributed by atoms with Gasteiger partial charge in [0.25, 0.3) is 0 Å². The van der Waals surface area contributed by atoms with Crippen LogP contribution in [0.1, 0.15) is 25.7 Å². The van der Waals surface area contributed by atoms with Crippen LogP contribution < -0.4 is 4.74 Å². The number of carbonyl (C=O) groups is 1. The van der Waals surface area contributed by atoms with Gasteiger partial charge in [0.15, 0.2) is 0 Å². The van der Waals surface area contributed by atoms with Crippen LogP contribution in [0.3, 0.4) is 0 Å². The topological polar surface area (TPSA) is 26.3 Å². The third kappa shape index (κ3) is 1.35. The van der Waals surface area contributed by atoms with Crippen molar-refractivity contribution in [1.29, 1.82) is 0 Å². The molecule has 0 aromatic heterocycles. The fourth-order valence-corrected chi connectivity index (χ4v) is 13.1. The summed E-state index contributed by atoms with van der Waals surface area (Å²) < 4.78 is 6.46. The van der Waals surface area contributed by atoms with Gasteiger partial charge in [-0.25, -0.2) is 0 Å². The van der Waals surface area contributed by atoms with Gasteiger partial charge in [0.05, 0.1) is 5.41 Å². The fourth-order valence-electron chi connectivity index (χ4n) is 13.1. The molecule has 9 rings (SSSR count). The van der Waals surface area contributed by atoms with Crippen LogP contribution in [0.4, 0.5) is 0 Å². The maximum absolute atomic E-state index is 13.2. The zero-order valence-electron chi connectivity index (χ0n) is 16.9. The lowest BCUT2D eigenvalue weighted by Crippen LogP contribution is -2.45. The van der Waals surface area contributed by atoms with Crippen LogP contribution in [0.2, 0.25) is 0 Å². The number of para-hydroxylation sites is 1. The minimum absolute atomic E-state index is 0.195. The maximum Gasteiger partial charge on any atom is 0.130 e. The Morgan fingerprint density at radius 2 is 1.24 bits per heavy atom. The van der Waals surface area contributed by atoms with E-state index >= 15 is 0 Å². The predicted molar refractivity (Wildman–Crippen MR) is 108 cm³/mol.